The van der Waals surface area contributed by atoms with Crippen molar-refractivity contribution in [2.24, 2.45) is 5.41 Å². The molecule has 3 aromatic rings. The van der Waals surface area contributed by atoms with Crippen molar-refractivity contribution in [2.75, 3.05) is 13.2 Å². The minimum atomic E-state index is -0.794. The van der Waals surface area contributed by atoms with Crippen LogP contribution in [0.2, 0.25) is 0 Å². The van der Waals surface area contributed by atoms with Gasteiger partial charge in [0.25, 0.3) is 0 Å². The molecule has 0 bridgehead atoms. The van der Waals surface area contributed by atoms with Gasteiger partial charge in [-0.2, -0.15) is 0 Å². The van der Waals surface area contributed by atoms with Gasteiger partial charge in [-0.25, -0.2) is 19.3 Å². The first-order chi connectivity index (χ1) is 14.9. The maximum absolute atomic E-state index is 13.4. The molecule has 8 nitrogen and oxygen atoms in total. The number of rotatable bonds is 5. The summed E-state index contributed by atoms with van der Waals surface area (Å²) in [7, 11) is 0. The van der Waals surface area contributed by atoms with Crippen molar-refractivity contribution in [1.29, 1.82) is 0 Å². The smallest absolute Gasteiger partial charge is 0.230 e. The van der Waals surface area contributed by atoms with Crippen LogP contribution in [0.15, 0.2) is 36.5 Å². The molecule has 1 saturated heterocycles. The molecule has 2 aromatic heterocycles. The molecule has 1 aliphatic rings. The van der Waals surface area contributed by atoms with Crippen molar-refractivity contribution < 1.29 is 18.7 Å². The van der Waals surface area contributed by atoms with Gasteiger partial charge in [0, 0.05) is 17.8 Å². The molecule has 9 heteroatoms. The molecule has 2 N–H and O–H groups in total. The summed E-state index contributed by atoms with van der Waals surface area (Å²) in [6, 6.07) is 7.76. The van der Waals surface area contributed by atoms with Gasteiger partial charge in [0.05, 0.1) is 35.7 Å². The molecular formula is C22H23FN5O3. The van der Waals surface area contributed by atoms with Gasteiger partial charge in [0.15, 0.2) is 12.2 Å². The zero-order valence-electron chi connectivity index (χ0n) is 17.5. The molecule has 1 aliphatic heterocycles. The van der Waals surface area contributed by atoms with E-state index in [1.54, 1.807) is 31.3 Å². The van der Waals surface area contributed by atoms with Gasteiger partial charge in [-0.05, 0) is 51.1 Å². The Labute approximate surface area is 179 Å². The Morgan fingerprint density at radius 1 is 1.26 bits per heavy atom. The van der Waals surface area contributed by atoms with Gasteiger partial charge in [0.1, 0.15) is 5.82 Å². The molecule has 1 fully saturated rings. The summed E-state index contributed by atoms with van der Waals surface area (Å²) in [5.41, 5.74) is 1.66. The highest BCUT2D eigenvalue weighted by Gasteiger charge is 2.41. The average Bonchev–Trinajstić information content (AvgIpc) is 3.20. The van der Waals surface area contributed by atoms with Crippen LogP contribution in [0.5, 0.6) is 0 Å². The van der Waals surface area contributed by atoms with Crippen molar-refractivity contribution in [1.82, 2.24) is 25.3 Å². The maximum Gasteiger partial charge on any atom is 0.230 e. The number of hydrogen-bond acceptors (Lipinski definition) is 6. The zero-order chi connectivity index (χ0) is 22.0. The summed E-state index contributed by atoms with van der Waals surface area (Å²) >= 11 is 0. The first-order valence-corrected chi connectivity index (χ1v) is 9.95. The molecule has 1 aromatic carbocycles. The summed E-state index contributed by atoms with van der Waals surface area (Å²) in [5, 5.41) is 2.90. The Bertz CT molecular complexity index is 1040. The Morgan fingerprint density at radius 3 is 2.58 bits per heavy atom. The van der Waals surface area contributed by atoms with Crippen molar-refractivity contribution in [3.05, 3.63) is 54.5 Å². The van der Waals surface area contributed by atoms with Crippen LogP contribution in [-0.2, 0) is 14.3 Å². The molecule has 1 amide bonds. The predicted molar refractivity (Wildman–Crippen MR) is 110 cm³/mol. The van der Waals surface area contributed by atoms with Gasteiger partial charge < -0.3 is 19.8 Å². The molecule has 0 aliphatic carbocycles. The fourth-order valence-electron chi connectivity index (χ4n) is 3.24. The summed E-state index contributed by atoms with van der Waals surface area (Å²) in [6.45, 7) is 5.97. The van der Waals surface area contributed by atoms with Crippen LogP contribution in [0.25, 0.3) is 22.6 Å². The Hall–Kier alpha value is -3.17. The normalized spacial score (nSPS) is 21.3. The Kier molecular flexibility index (Phi) is 5.79. The maximum atomic E-state index is 13.4. The minimum Gasteiger partial charge on any atom is -0.353 e. The lowest BCUT2D eigenvalue weighted by molar-refractivity contribution is -0.231. The van der Waals surface area contributed by atoms with E-state index >= 15 is 0 Å². The second kappa shape index (κ2) is 8.52. The van der Waals surface area contributed by atoms with Crippen LogP contribution in [-0.4, -0.2) is 45.1 Å². The second-order valence-corrected chi connectivity index (χ2v) is 8.04. The number of amides is 1. The number of aromatic nitrogens is 4. The van der Waals surface area contributed by atoms with Gasteiger partial charge in [-0.3, -0.25) is 4.79 Å². The number of imidazole rings is 1. The summed E-state index contributed by atoms with van der Waals surface area (Å²) in [5.74, 6) is -0.0294. The average molecular weight is 424 g/mol. The fraction of sp³-hybridized carbons (Fsp3) is 0.364. The van der Waals surface area contributed by atoms with E-state index in [-0.39, 0.29) is 31.0 Å². The molecule has 0 unspecified atom stereocenters. The van der Waals surface area contributed by atoms with Gasteiger partial charge in [0.2, 0.25) is 12.2 Å². The topological polar surface area (TPSA) is 102 Å². The highest BCUT2D eigenvalue weighted by atomic mass is 19.1. The number of benzene rings is 1. The third-order valence-corrected chi connectivity index (χ3v) is 4.93. The number of carbonyl (C=O) groups is 1. The first-order valence-electron chi connectivity index (χ1n) is 9.95. The summed E-state index contributed by atoms with van der Waals surface area (Å²) in [6.07, 6.45) is 3.35. The fourth-order valence-corrected chi connectivity index (χ4v) is 3.24. The predicted octanol–water partition coefficient (Wildman–Crippen LogP) is 3.05. The molecule has 31 heavy (non-hydrogen) atoms. The largest absolute Gasteiger partial charge is 0.353 e. The van der Waals surface area contributed by atoms with E-state index in [4.69, 9.17) is 9.47 Å². The molecule has 4 rings (SSSR count). The van der Waals surface area contributed by atoms with E-state index in [2.05, 4.69) is 31.6 Å². The zero-order valence-corrected chi connectivity index (χ0v) is 17.5. The Balaban J connectivity index is 1.61. The van der Waals surface area contributed by atoms with Gasteiger partial charge in [-0.1, -0.05) is 0 Å². The number of halogens is 1. The third kappa shape index (κ3) is 4.47. The lowest BCUT2D eigenvalue weighted by Crippen LogP contribution is -2.50. The standard InChI is InChI=1S/C22H23FN5O3/c1-13(2)26-21(29)22(3)10-30-20(31-11-22)19-27-17(14-4-6-15(23)7-5-14)18(28-19)16-8-9-24-12-25-16/h4-9,13,20H,10-11H2,1-3H3,(H,26,29)(H,27,28). The van der Waals surface area contributed by atoms with Crippen LogP contribution in [0.1, 0.15) is 32.9 Å². The Morgan fingerprint density at radius 2 is 1.97 bits per heavy atom. The van der Waals surface area contributed by atoms with Crippen LogP contribution in [0.4, 0.5) is 4.39 Å². The monoisotopic (exact) mass is 424 g/mol. The molecule has 0 spiro atoms. The van der Waals surface area contributed by atoms with Crippen molar-refractivity contribution >= 4 is 5.91 Å². The molecular weight excluding hydrogens is 401 g/mol. The van der Waals surface area contributed by atoms with E-state index in [0.29, 0.717) is 28.5 Å². The molecule has 0 atom stereocenters. The quantitative estimate of drug-likeness (QED) is 0.653. The third-order valence-electron chi connectivity index (χ3n) is 4.93. The van der Waals surface area contributed by atoms with Crippen LogP contribution in [0.3, 0.4) is 0 Å². The number of hydrogen-bond donors (Lipinski definition) is 2. The molecule has 3 heterocycles. The number of aromatic amines is 1. The first kappa shape index (κ1) is 21.1. The molecule has 1 radical (unpaired) electrons. The van der Waals surface area contributed by atoms with Gasteiger partial charge >= 0.3 is 0 Å². The van der Waals surface area contributed by atoms with Gasteiger partial charge in [-0.15, -0.1) is 0 Å². The summed E-state index contributed by atoms with van der Waals surface area (Å²) < 4.78 is 25.1. The lowest BCUT2D eigenvalue weighted by Gasteiger charge is -2.35. The number of H-pyrrole nitrogens is 1. The van der Waals surface area contributed by atoms with E-state index in [1.165, 1.54) is 12.1 Å². The van der Waals surface area contributed by atoms with Crippen LogP contribution < -0.4 is 5.32 Å². The van der Waals surface area contributed by atoms with Crippen LogP contribution >= 0.6 is 0 Å². The lowest BCUT2D eigenvalue weighted by atomic mass is 9.90. The molecule has 0 saturated carbocycles. The number of carbonyl (C=O) groups excluding carboxylic acids is 1. The van der Waals surface area contributed by atoms with E-state index in [0.717, 1.165) is 0 Å². The molecule has 161 valence electrons. The van der Waals surface area contributed by atoms with Crippen molar-refractivity contribution in [2.45, 2.75) is 33.1 Å². The highest BCUT2D eigenvalue weighted by Crippen LogP contribution is 2.35. The van der Waals surface area contributed by atoms with E-state index in [1.807, 2.05) is 13.8 Å². The van der Waals surface area contributed by atoms with E-state index < -0.39 is 11.7 Å². The number of ether oxygens (including phenoxy) is 2. The van der Waals surface area contributed by atoms with Crippen molar-refractivity contribution in [3.63, 3.8) is 0 Å². The van der Waals surface area contributed by atoms with Crippen LogP contribution in [0, 0.1) is 17.6 Å². The SMILES string of the molecule is CC(C)NC(=O)C1(C)COC(c2nc(-c3ccc(F)cc3)c(-c3ccn[c]n3)[nH]2)OC1. The van der Waals surface area contributed by atoms with Crippen molar-refractivity contribution in [3.8, 4) is 22.6 Å². The van der Waals surface area contributed by atoms with E-state index in [9.17, 15) is 9.18 Å². The number of nitrogens with zero attached hydrogens (tertiary/aromatic N) is 3. The minimum absolute atomic E-state index is 0.0256. The highest BCUT2D eigenvalue weighted by molar-refractivity contribution is 5.83. The summed E-state index contributed by atoms with van der Waals surface area (Å²) in [4.78, 5) is 28.3. The number of nitrogens with one attached hydrogen (secondary N) is 2. The second-order valence-electron chi connectivity index (χ2n) is 8.04.